The molecule has 0 aliphatic heterocycles. The van der Waals surface area contributed by atoms with E-state index in [-0.39, 0.29) is 5.91 Å². The molecule has 0 aromatic heterocycles. The summed E-state index contributed by atoms with van der Waals surface area (Å²) < 4.78 is 0. The fourth-order valence-corrected chi connectivity index (χ4v) is 1.89. The smallest absolute Gasteiger partial charge is 0.225 e. The van der Waals surface area contributed by atoms with Gasteiger partial charge >= 0.3 is 0 Å². The van der Waals surface area contributed by atoms with Gasteiger partial charge in [0, 0.05) is 24.2 Å². The van der Waals surface area contributed by atoms with E-state index >= 15 is 0 Å². The zero-order chi connectivity index (χ0) is 14.3. The maximum absolute atomic E-state index is 11.8. The van der Waals surface area contributed by atoms with Crippen LogP contribution in [0.25, 0.3) is 0 Å². The number of thiocarbonyl (C=S) groups is 1. The second-order valence-electron chi connectivity index (χ2n) is 4.55. The highest BCUT2D eigenvalue weighted by molar-refractivity contribution is 7.80. The molecule has 0 unspecified atom stereocenters. The lowest BCUT2D eigenvalue weighted by Gasteiger charge is -2.15. The molecule has 0 saturated heterocycles. The van der Waals surface area contributed by atoms with Gasteiger partial charge in [-0.2, -0.15) is 0 Å². The van der Waals surface area contributed by atoms with Gasteiger partial charge in [0.15, 0.2) is 0 Å². The summed E-state index contributed by atoms with van der Waals surface area (Å²) in [6, 6.07) is 7.27. The van der Waals surface area contributed by atoms with E-state index in [9.17, 15) is 4.79 Å². The minimum Gasteiger partial charge on any atom is -0.389 e. The van der Waals surface area contributed by atoms with Gasteiger partial charge in [0.25, 0.3) is 0 Å². The van der Waals surface area contributed by atoms with Crippen molar-refractivity contribution in [2.75, 3.05) is 25.5 Å². The summed E-state index contributed by atoms with van der Waals surface area (Å²) in [5.41, 5.74) is 7.05. The molecule has 0 spiro atoms. The average molecular weight is 279 g/mol. The van der Waals surface area contributed by atoms with Crippen LogP contribution in [0.1, 0.15) is 25.3 Å². The van der Waals surface area contributed by atoms with Crippen LogP contribution in [-0.4, -0.2) is 35.9 Å². The number of benzene rings is 1. The lowest BCUT2D eigenvalue weighted by molar-refractivity contribution is -0.116. The summed E-state index contributed by atoms with van der Waals surface area (Å²) in [4.78, 5) is 14.3. The fourth-order valence-electron chi connectivity index (χ4n) is 1.76. The van der Waals surface area contributed by atoms with Crippen LogP contribution in [0.3, 0.4) is 0 Å². The minimum absolute atomic E-state index is 0.00282. The SMILES string of the molecule is CCCN(C)CCC(=O)Nc1cccc(C(N)=S)c1. The van der Waals surface area contributed by atoms with E-state index in [0.717, 1.165) is 30.8 Å². The zero-order valence-corrected chi connectivity index (χ0v) is 12.3. The van der Waals surface area contributed by atoms with E-state index in [2.05, 4.69) is 17.1 Å². The first kappa shape index (κ1) is 15.6. The molecule has 1 aromatic rings. The molecular formula is C14H21N3OS. The highest BCUT2D eigenvalue weighted by Crippen LogP contribution is 2.11. The summed E-state index contributed by atoms with van der Waals surface area (Å²) in [5.74, 6) is 0.00282. The van der Waals surface area contributed by atoms with Gasteiger partial charge in [-0.05, 0) is 32.1 Å². The van der Waals surface area contributed by atoms with Crippen LogP contribution in [-0.2, 0) is 4.79 Å². The molecule has 1 amide bonds. The Morgan fingerprint density at radius 3 is 2.79 bits per heavy atom. The molecule has 0 saturated carbocycles. The van der Waals surface area contributed by atoms with Gasteiger partial charge < -0.3 is 16.0 Å². The summed E-state index contributed by atoms with van der Waals surface area (Å²) in [7, 11) is 2.02. The molecule has 0 fully saturated rings. The third-order valence-corrected chi connectivity index (χ3v) is 2.99. The zero-order valence-electron chi connectivity index (χ0n) is 11.5. The first-order valence-electron chi connectivity index (χ1n) is 6.41. The van der Waals surface area contributed by atoms with E-state index in [1.54, 1.807) is 6.07 Å². The third-order valence-electron chi connectivity index (χ3n) is 2.76. The van der Waals surface area contributed by atoms with E-state index in [1.165, 1.54) is 0 Å². The monoisotopic (exact) mass is 279 g/mol. The molecule has 104 valence electrons. The van der Waals surface area contributed by atoms with Crippen molar-refractivity contribution >= 4 is 28.8 Å². The van der Waals surface area contributed by atoms with Gasteiger partial charge in [0.1, 0.15) is 4.99 Å². The van der Waals surface area contributed by atoms with Crippen molar-refractivity contribution in [2.24, 2.45) is 5.73 Å². The second-order valence-corrected chi connectivity index (χ2v) is 4.99. The van der Waals surface area contributed by atoms with E-state index in [1.807, 2.05) is 25.2 Å². The Bertz CT molecular complexity index is 448. The van der Waals surface area contributed by atoms with Crippen LogP contribution in [0.5, 0.6) is 0 Å². The number of hydrogen-bond acceptors (Lipinski definition) is 3. The van der Waals surface area contributed by atoms with Crippen molar-refractivity contribution in [3.63, 3.8) is 0 Å². The summed E-state index contributed by atoms with van der Waals surface area (Å²) >= 11 is 4.91. The number of anilines is 1. The molecule has 0 atom stereocenters. The minimum atomic E-state index is 0.00282. The molecule has 0 radical (unpaired) electrons. The van der Waals surface area contributed by atoms with Gasteiger partial charge in [-0.25, -0.2) is 0 Å². The largest absolute Gasteiger partial charge is 0.389 e. The van der Waals surface area contributed by atoms with Crippen molar-refractivity contribution in [3.8, 4) is 0 Å². The summed E-state index contributed by atoms with van der Waals surface area (Å²) in [5, 5.41) is 2.85. The Morgan fingerprint density at radius 2 is 2.16 bits per heavy atom. The summed E-state index contributed by atoms with van der Waals surface area (Å²) in [6.45, 7) is 3.89. The molecule has 19 heavy (non-hydrogen) atoms. The number of nitrogens with one attached hydrogen (secondary N) is 1. The Labute approximate surface area is 120 Å². The van der Waals surface area contributed by atoms with Crippen LogP contribution < -0.4 is 11.1 Å². The van der Waals surface area contributed by atoms with Crippen LogP contribution >= 0.6 is 12.2 Å². The number of nitrogens with two attached hydrogens (primary N) is 1. The van der Waals surface area contributed by atoms with Crippen LogP contribution in [0.15, 0.2) is 24.3 Å². The number of hydrogen-bond donors (Lipinski definition) is 2. The molecule has 1 rings (SSSR count). The maximum Gasteiger partial charge on any atom is 0.225 e. The van der Waals surface area contributed by atoms with Crippen LogP contribution in [0.4, 0.5) is 5.69 Å². The molecule has 4 nitrogen and oxygen atoms in total. The fraction of sp³-hybridized carbons (Fsp3) is 0.429. The quantitative estimate of drug-likeness (QED) is 0.749. The van der Waals surface area contributed by atoms with E-state index < -0.39 is 0 Å². The van der Waals surface area contributed by atoms with Crippen molar-refractivity contribution < 1.29 is 4.79 Å². The topological polar surface area (TPSA) is 58.4 Å². The number of carbonyl (C=O) groups is 1. The van der Waals surface area contributed by atoms with Crippen molar-refractivity contribution in [3.05, 3.63) is 29.8 Å². The third kappa shape index (κ3) is 5.81. The average Bonchev–Trinajstić information content (AvgIpc) is 2.37. The number of carbonyl (C=O) groups excluding carboxylic acids is 1. The lowest BCUT2D eigenvalue weighted by Crippen LogP contribution is -2.25. The predicted molar refractivity (Wildman–Crippen MR) is 83.4 cm³/mol. The highest BCUT2D eigenvalue weighted by atomic mass is 32.1. The molecular weight excluding hydrogens is 258 g/mol. The lowest BCUT2D eigenvalue weighted by atomic mass is 10.2. The first-order valence-corrected chi connectivity index (χ1v) is 6.82. The van der Waals surface area contributed by atoms with E-state index in [0.29, 0.717) is 11.4 Å². The normalized spacial score (nSPS) is 10.5. The molecule has 0 aliphatic carbocycles. The number of rotatable bonds is 7. The van der Waals surface area contributed by atoms with Gasteiger partial charge in [0.2, 0.25) is 5.91 Å². The molecule has 0 aliphatic rings. The second kappa shape index (κ2) is 7.86. The Morgan fingerprint density at radius 1 is 1.42 bits per heavy atom. The molecule has 1 aromatic carbocycles. The standard InChI is InChI=1S/C14H21N3OS/c1-3-8-17(2)9-7-13(18)16-12-6-4-5-11(10-12)14(15)19/h4-6,10H,3,7-9H2,1-2H3,(H2,15,19)(H,16,18). The number of amides is 1. The predicted octanol–water partition coefficient (Wildman–Crippen LogP) is 1.99. The van der Waals surface area contributed by atoms with Gasteiger partial charge in [-0.1, -0.05) is 31.3 Å². The first-order chi connectivity index (χ1) is 9.02. The molecule has 3 N–H and O–H groups in total. The number of nitrogens with zero attached hydrogens (tertiary/aromatic N) is 1. The molecule has 0 heterocycles. The van der Waals surface area contributed by atoms with E-state index in [4.69, 9.17) is 18.0 Å². The summed E-state index contributed by atoms with van der Waals surface area (Å²) in [6.07, 6.45) is 1.57. The van der Waals surface area contributed by atoms with Crippen LogP contribution in [0.2, 0.25) is 0 Å². The van der Waals surface area contributed by atoms with Crippen LogP contribution in [0, 0.1) is 0 Å². The van der Waals surface area contributed by atoms with Crippen molar-refractivity contribution in [1.82, 2.24) is 4.90 Å². The molecule has 5 heteroatoms. The van der Waals surface area contributed by atoms with Gasteiger partial charge in [-0.3, -0.25) is 4.79 Å². The Hall–Kier alpha value is -1.46. The van der Waals surface area contributed by atoms with Crippen molar-refractivity contribution in [1.29, 1.82) is 0 Å². The Balaban J connectivity index is 2.48. The van der Waals surface area contributed by atoms with Crippen molar-refractivity contribution in [2.45, 2.75) is 19.8 Å². The van der Waals surface area contributed by atoms with Gasteiger partial charge in [-0.15, -0.1) is 0 Å². The Kier molecular flexibility index (Phi) is 6.45. The van der Waals surface area contributed by atoms with Gasteiger partial charge in [0.05, 0.1) is 0 Å². The highest BCUT2D eigenvalue weighted by Gasteiger charge is 2.05. The maximum atomic E-state index is 11.8. The molecule has 0 bridgehead atoms.